The van der Waals surface area contributed by atoms with E-state index < -0.39 is 18.1 Å². The van der Waals surface area contributed by atoms with Gasteiger partial charge < -0.3 is 21.3 Å². The van der Waals surface area contributed by atoms with Gasteiger partial charge in [-0.3, -0.25) is 4.79 Å². The first-order valence-electron chi connectivity index (χ1n) is 8.09. The van der Waals surface area contributed by atoms with Crippen molar-refractivity contribution >= 4 is 22.8 Å². The van der Waals surface area contributed by atoms with Crippen molar-refractivity contribution < 1.29 is 33.0 Å². The summed E-state index contributed by atoms with van der Waals surface area (Å²) in [4.78, 5) is 20.4. The number of carbonyl (C=O) groups is 2. The number of phenolic OH excluding ortho intramolecular Hbond substituents is 1. The molecule has 1 heterocycles. The van der Waals surface area contributed by atoms with Crippen LogP contribution in [0.2, 0.25) is 0 Å². The summed E-state index contributed by atoms with van der Waals surface area (Å²) < 4.78 is 33.4. The van der Waals surface area contributed by atoms with Crippen LogP contribution in [0, 0.1) is 0 Å². The van der Waals surface area contributed by atoms with E-state index in [1.807, 2.05) is 25.2 Å². The number of nitrogens with zero attached hydrogens (tertiary/aromatic N) is 2. The minimum Gasteiger partial charge on any atom is -0.508 e. The zero-order valence-corrected chi connectivity index (χ0v) is 15.1. The van der Waals surface area contributed by atoms with E-state index in [0.29, 0.717) is 23.3 Å². The van der Waals surface area contributed by atoms with Crippen LogP contribution in [0.3, 0.4) is 0 Å². The lowest BCUT2D eigenvalue weighted by atomic mass is 10.1. The van der Waals surface area contributed by atoms with Gasteiger partial charge in [-0.05, 0) is 19.2 Å². The summed E-state index contributed by atoms with van der Waals surface area (Å²) in [5.41, 5.74) is 7.82. The van der Waals surface area contributed by atoms with E-state index in [0.717, 1.165) is 10.9 Å². The number of hydrogen-bond donors (Lipinski definition) is 4. The van der Waals surface area contributed by atoms with Crippen molar-refractivity contribution in [2.75, 3.05) is 7.05 Å². The van der Waals surface area contributed by atoms with E-state index in [4.69, 9.17) is 15.6 Å². The second-order valence-electron chi connectivity index (χ2n) is 5.83. The molecule has 0 spiro atoms. The fourth-order valence-electron chi connectivity index (χ4n) is 2.41. The van der Waals surface area contributed by atoms with E-state index in [2.05, 4.69) is 10.4 Å². The minimum absolute atomic E-state index is 0.196. The van der Waals surface area contributed by atoms with Gasteiger partial charge in [0.1, 0.15) is 11.3 Å². The van der Waals surface area contributed by atoms with Gasteiger partial charge in [-0.1, -0.05) is 18.2 Å². The molecule has 0 saturated carbocycles. The molecule has 0 radical (unpaired) electrons. The van der Waals surface area contributed by atoms with E-state index >= 15 is 0 Å². The third-order valence-electron chi connectivity index (χ3n) is 3.74. The Kier molecular flexibility index (Phi) is 6.44. The lowest BCUT2D eigenvalue weighted by Gasteiger charge is -2.06. The Labute approximate surface area is 162 Å². The fraction of sp³-hybridized carbons (Fsp3) is 0.167. The molecular weight excluding hydrogens is 393 g/mol. The van der Waals surface area contributed by atoms with Crippen molar-refractivity contribution in [1.82, 2.24) is 15.1 Å². The second-order valence-corrected chi connectivity index (χ2v) is 5.83. The number of carboxylic acids is 1. The average molecular weight is 410 g/mol. The number of rotatable bonds is 4. The van der Waals surface area contributed by atoms with E-state index in [1.54, 1.807) is 29.1 Å². The monoisotopic (exact) mass is 410 g/mol. The van der Waals surface area contributed by atoms with Gasteiger partial charge in [0.05, 0.1) is 11.3 Å². The Morgan fingerprint density at radius 2 is 1.90 bits per heavy atom. The lowest BCUT2D eigenvalue weighted by molar-refractivity contribution is -0.192. The number of phenols is 1. The number of benzene rings is 2. The summed E-state index contributed by atoms with van der Waals surface area (Å²) in [6, 6.07) is 10.6. The van der Waals surface area contributed by atoms with Gasteiger partial charge in [-0.2, -0.15) is 18.3 Å². The van der Waals surface area contributed by atoms with Crippen LogP contribution in [0.4, 0.5) is 13.2 Å². The van der Waals surface area contributed by atoms with Crippen molar-refractivity contribution in [3.63, 3.8) is 0 Å². The molecule has 29 heavy (non-hydrogen) atoms. The van der Waals surface area contributed by atoms with E-state index in [-0.39, 0.29) is 5.75 Å². The number of aliphatic carboxylic acids is 1. The fourth-order valence-corrected chi connectivity index (χ4v) is 2.41. The molecule has 2 aromatic carbocycles. The van der Waals surface area contributed by atoms with Crippen LogP contribution < -0.4 is 11.1 Å². The number of carbonyl (C=O) groups excluding carboxylic acids is 1. The normalized spacial score (nSPS) is 11.0. The molecule has 0 unspecified atom stereocenters. The highest BCUT2D eigenvalue weighted by atomic mass is 19.4. The summed E-state index contributed by atoms with van der Waals surface area (Å²) in [6.45, 7) is 0.582. The molecule has 0 aliphatic carbocycles. The summed E-state index contributed by atoms with van der Waals surface area (Å²) >= 11 is 0. The molecule has 0 saturated heterocycles. The van der Waals surface area contributed by atoms with Gasteiger partial charge in [-0.15, -0.1) is 0 Å². The first kappa shape index (κ1) is 21.7. The number of primary amides is 1. The Morgan fingerprint density at radius 1 is 1.24 bits per heavy atom. The maximum atomic E-state index is 11.5. The predicted octanol–water partition coefficient (Wildman–Crippen LogP) is 2.18. The Hall–Kier alpha value is -3.60. The quantitative estimate of drug-likeness (QED) is 0.522. The maximum Gasteiger partial charge on any atom is 0.490 e. The minimum atomic E-state index is -5.08. The smallest absolute Gasteiger partial charge is 0.490 e. The van der Waals surface area contributed by atoms with Crippen LogP contribution in [0.1, 0.15) is 15.9 Å². The van der Waals surface area contributed by atoms with Crippen molar-refractivity contribution in [2.45, 2.75) is 12.7 Å². The van der Waals surface area contributed by atoms with Gasteiger partial charge in [0.2, 0.25) is 0 Å². The summed E-state index contributed by atoms with van der Waals surface area (Å²) in [7, 11) is 1.82. The second kappa shape index (κ2) is 8.61. The molecule has 5 N–H and O–H groups in total. The number of nitrogens with one attached hydrogen (secondary N) is 1. The number of alkyl halides is 3. The van der Waals surface area contributed by atoms with Gasteiger partial charge in [0.15, 0.2) is 0 Å². The highest BCUT2D eigenvalue weighted by Crippen LogP contribution is 2.24. The maximum absolute atomic E-state index is 11.5. The molecule has 0 atom stereocenters. The number of amides is 1. The standard InChI is InChI=1S/C16H16N4O2.C2HF3O2/c1-18-8-10-5-6-12(7-14(10)21)20-9-11-3-2-4-13(16(17)22)15(11)19-20;3-2(4,5)1(6)7/h2-7,9,18,21H,8H2,1H3,(H2,17,22);(H,6,7). The molecule has 3 rings (SSSR count). The number of halogens is 3. The molecule has 0 bridgehead atoms. The molecule has 0 aliphatic heterocycles. The van der Waals surface area contributed by atoms with E-state index in [9.17, 15) is 23.1 Å². The van der Waals surface area contributed by atoms with Crippen molar-refractivity contribution in [1.29, 1.82) is 0 Å². The van der Waals surface area contributed by atoms with Crippen LogP contribution >= 0.6 is 0 Å². The van der Waals surface area contributed by atoms with Crippen LogP contribution in [-0.2, 0) is 11.3 Å². The summed E-state index contributed by atoms with van der Waals surface area (Å²) in [5, 5.41) is 25.4. The van der Waals surface area contributed by atoms with Gasteiger partial charge in [0.25, 0.3) is 5.91 Å². The topological polar surface area (TPSA) is 130 Å². The zero-order valence-electron chi connectivity index (χ0n) is 15.1. The number of nitrogens with two attached hydrogens (primary N) is 1. The highest BCUT2D eigenvalue weighted by Gasteiger charge is 2.38. The van der Waals surface area contributed by atoms with Crippen LogP contribution in [0.25, 0.3) is 16.6 Å². The van der Waals surface area contributed by atoms with Crippen LogP contribution in [0.5, 0.6) is 5.75 Å². The van der Waals surface area contributed by atoms with E-state index in [1.165, 1.54) is 0 Å². The van der Waals surface area contributed by atoms with Gasteiger partial charge in [-0.25, -0.2) is 9.48 Å². The summed E-state index contributed by atoms with van der Waals surface area (Å²) in [6.07, 6.45) is -3.28. The van der Waals surface area contributed by atoms with Crippen molar-refractivity contribution in [2.24, 2.45) is 5.73 Å². The van der Waals surface area contributed by atoms with Gasteiger partial charge >= 0.3 is 12.1 Å². The molecule has 11 heteroatoms. The van der Waals surface area contributed by atoms with Crippen LogP contribution in [0.15, 0.2) is 42.6 Å². The molecular formula is C18H17F3N4O4. The molecule has 3 aromatic rings. The number of aromatic nitrogens is 2. The zero-order chi connectivity index (χ0) is 21.8. The number of hydrogen-bond acceptors (Lipinski definition) is 5. The molecule has 1 amide bonds. The molecule has 8 nitrogen and oxygen atoms in total. The number of fused-ring (bicyclic) bond motifs is 1. The highest BCUT2D eigenvalue weighted by molar-refractivity contribution is 6.04. The average Bonchev–Trinajstić information content (AvgIpc) is 3.07. The first-order valence-corrected chi connectivity index (χ1v) is 8.09. The Balaban J connectivity index is 0.000000370. The third-order valence-corrected chi connectivity index (χ3v) is 3.74. The molecule has 0 aliphatic rings. The number of carboxylic acid groups (broad SMARTS) is 1. The lowest BCUT2D eigenvalue weighted by Crippen LogP contribution is -2.21. The molecule has 154 valence electrons. The molecule has 1 aromatic heterocycles. The SMILES string of the molecule is CNCc1ccc(-n2cc3cccc(C(N)=O)c3n2)cc1O.O=C(O)C(F)(F)F. The Bertz CT molecular complexity index is 1050. The number of aromatic hydroxyl groups is 1. The Morgan fingerprint density at radius 3 is 2.41 bits per heavy atom. The third kappa shape index (κ3) is 5.23. The van der Waals surface area contributed by atoms with Crippen LogP contribution in [-0.4, -0.2) is 45.1 Å². The molecule has 0 fully saturated rings. The largest absolute Gasteiger partial charge is 0.508 e. The van der Waals surface area contributed by atoms with Crippen molar-refractivity contribution in [3.05, 3.63) is 53.7 Å². The first-order chi connectivity index (χ1) is 13.5. The predicted molar refractivity (Wildman–Crippen MR) is 97.7 cm³/mol. The summed E-state index contributed by atoms with van der Waals surface area (Å²) in [5.74, 6) is -3.07. The van der Waals surface area contributed by atoms with Crippen molar-refractivity contribution in [3.8, 4) is 11.4 Å². The van der Waals surface area contributed by atoms with Gasteiger partial charge in [0, 0.05) is 29.8 Å².